The molecule has 0 spiro atoms. The van der Waals surface area contributed by atoms with E-state index in [4.69, 9.17) is 4.52 Å². The van der Waals surface area contributed by atoms with Crippen molar-refractivity contribution in [2.45, 2.75) is 39.2 Å². The number of nitrogens with zero attached hydrogens (tertiary/aromatic N) is 5. The third-order valence-corrected chi connectivity index (χ3v) is 4.93. The number of hydrogen-bond donors (Lipinski definition) is 0. The average Bonchev–Trinajstić information content (AvgIpc) is 3.16. The van der Waals surface area contributed by atoms with Gasteiger partial charge in [0, 0.05) is 45.7 Å². The van der Waals surface area contributed by atoms with Crippen molar-refractivity contribution >= 4 is 5.91 Å². The number of amides is 1. The first-order valence-electron chi connectivity index (χ1n) is 8.68. The number of aromatic nitrogens is 2. The second-order valence-corrected chi connectivity index (χ2v) is 6.57. The van der Waals surface area contributed by atoms with Gasteiger partial charge in [0.25, 0.3) is 0 Å². The molecule has 0 aromatic carbocycles. The Bertz CT molecular complexity index is 524. The van der Waals surface area contributed by atoms with Crippen LogP contribution in [-0.4, -0.2) is 76.6 Å². The van der Waals surface area contributed by atoms with E-state index in [0.717, 1.165) is 65.1 Å². The molecule has 2 saturated heterocycles. The molecule has 0 bridgehead atoms. The zero-order chi connectivity index (χ0) is 16.2. The number of aryl methyl sites for hydroxylation is 1. The Kier molecular flexibility index (Phi) is 5.27. The fraction of sp³-hybridized carbons (Fsp3) is 0.812. The van der Waals surface area contributed by atoms with Crippen molar-refractivity contribution in [2.75, 3.05) is 45.8 Å². The number of hydrogen-bond acceptors (Lipinski definition) is 6. The first-order valence-corrected chi connectivity index (χ1v) is 8.68. The summed E-state index contributed by atoms with van der Waals surface area (Å²) in [6.07, 6.45) is 2.85. The fourth-order valence-corrected chi connectivity index (χ4v) is 3.44. The van der Waals surface area contributed by atoms with Crippen LogP contribution in [0.25, 0.3) is 0 Å². The first-order chi connectivity index (χ1) is 11.1. The molecule has 7 nitrogen and oxygen atoms in total. The van der Waals surface area contributed by atoms with Crippen molar-refractivity contribution in [2.24, 2.45) is 0 Å². The predicted molar refractivity (Wildman–Crippen MR) is 85.9 cm³/mol. The van der Waals surface area contributed by atoms with Gasteiger partial charge >= 0.3 is 0 Å². The van der Waals surface area contributed by atoms with Gasteiger partial charge in [0.15, 0.2) is 5.82 Å². The van der Waals surface area contributed by atoms with Crippen molar-refractivity contribution < 1.29 is 9.32 Å². The van der Waals surface area contributed by atoms with Gasteiger partial charge in [-0.05, 0) is 33.2 Å². The molecule has 1 aromatic rings. The van der Waals surface area contributed by atoms with Crippen molar-refractivity contribution in [3.8, 4) is 0 Å². The minimum Gasteiger partial charge on any atom is -0.343 e. The van der Waals surface area contributed by atoms with Gasteiger partial charge < -0.3 is 14.3 Å². The summed E-state index contributed by atoms with van der Waals surface area (Å²) in [4.78, 5) is 22.8. The molecule has 0 radical (unpaired) electrons. The highest BCUT2D eigenvalue weighted by atomic mass is 16.5. The maximum atomic E-state index is 11.6. The Balaban J connectivity index is 1.37. The summed E-state index contributed by atoms with van der Waals surface area (Å²) in [6.45, 7) is 11.1. The van der Waals surface area contributed by atoms with Crippen LogP contribution in [0.1, 0.15) is 43.9 Å². The normalized spacial score (nSPS) is 22.0. The molecule has 0 aliphatic carbocycles. The number of piperazine rings is 1. The maximum Gasteiger partial charge on any atom is 0.243 e. The monoisotopic (exact) mass is 321 g/mol. The highest BCUT2D eigenvalue weighted by molar-refractivity contribution is 5.77. The molecule has 0 N–H and O–H groups in total. The molecule has 2 aliphatic rings. The lowest BCUT2D eigenvalue weighted by Gasteiger charge is -2.37. The summed E-state index contributed by atoms with van der Waals surface area (Å²) < 4.78 is 5.28. The number of carbonyl (C=O) groups excluding carboxylic acids is 1. The lowest BCUT2D eigenvalue weighted by atomic mass is 10.2. The van der Waals surface area contributed by atoms with Crippen molar-refractivity contribution in [1.82, 2.24) is 24.8 Å². The van der Waals surface area contributed by atoms with Crippen LogP contribution in [0.3, 0.4) is 0 Å². The minimum atomic E-state index is 0.181. The smallest absolute Gasteiger partial charge is 0.243 e. The second-order valence-electron chi connectivity index (χ2n) is 6.57. The molecule has 1 atom stereocenters. The van der Waals surface area contributed by atoms with E-state index in [9.17, 15) is 4.79 Å². The number of carbonyl (C=O) groups is 1. The van der Waals surface area contributed by atoms with Crippen LogP contribution < -0.4 is 0 Å². The zero-order valence-electron chi connectivity index (χ0n) is 14.2. The highest BCUT2D eigenvalue weighted by Crippen LogP contribution is 2.20. The molecular weight excluding hydrogens is 294 g/mol. The first kappa shape index (κ1) is 16.4. The third kappa shape index (κ3) is 4.09. The van der Waals surface area contributed by atoms with Gasteiger partial charge in [0.05, 0.1) is 6.04 Å². The Morgan fingerprint density at radius 2 is 1.96 bits per heavy atom. The van der Waals surface area contributed by atoms with Crippen molar-refractivity contribution in [1.29, 1.82) is 0 Å². The number of likely N-dealkylation sites (tertiary alicyclic amines) is 1. The summed E-state index contributed by atoms with van der Waals surface area (Å²) in [5, 5.41) is 3.88. The fourth-order valence-electron chi connectivity index (χ4n) is 3.44. The van der Waals surface area contributed by atoms with Gasteiger partial charge in [-0.1, -0.05) is 5.16 Å². The molecule has 0 unspecified atom stereocenters. The van der Waals surface area contributed by atoms with Gasteiger partial charge in [0.2, 0.25) is 11.8 Å². The van der Waals surface area contributed by atoms with Crippen LogP contribution in [0.5, 0.6) is 0 Å². The average molecular weight is 321 g/mol. The molecule has 23 heavy (non-hydrogen) atoms. The van der Waals surface area contributed by atoms with E-state index in [0.29, 0.717) is 17.6 Å². The Hall–Kier alpha value is -1.47. The van der Waals surface area contributed by atoms with Crippen LogP contribution in [0.2, 0.25) is 0 Å². The Morgan fingerprint density at radius 1 is 1.17 bits per heavy atom. The Morgan fingerprint density at radius 3 is 2.57 bits per heavy atom. The highest BCUT2D eigenvalue weighted by Gasteiger charge is 2.25. The van der Waals surface area contributed by atoms with Gasteiger partial charge in [-0.2, -0.15) is 4.98 Å². The summed E-state index contributed by atoms with van der Waals surface area (Å²) in [5.74, 6) is 1.74. The lowest BCUT2D eigenvalue weighted by Crippen LogP contribution is -2.47. The zero-order valence-corrected chi connectivity index (χ0v) is 14.2. The van der Waals surface area contributed by atoms with E-state index >= 15 is 0 Å². The topological polar surface area (TPSA) is 65.7 Å². The van der Waals surface area contributed by atoms with E-state index in [1.165, 1.54) is 0 Å². The van der Waals surface area contributed by atoms with E-state index in [-0.39, 0.29) is 6.04 Å². The molecule has 2 aliphatic heterocycles. The standard InChI is InChI=1S/C16H27N5O2/c1-13(16-17-14(2)18-23-16)20-11-9-19(10-12-20)6-4-8-21-7-3-5-15(21)22/h13H,3-12H2,1-2H3/t13-/m0/s1. The molecule has 128 valence electrons. The van der Waals surface area contributed by atoms with Crippen LogP contribution in [-0.2, 0) is 4.79 Å². The molecule has 0 saturated carbocycles. The van der Waals surface area contributed by atoms with Gasteiger partial charge in [-0.3, -0.25) is 9.69 Å². The van der Waals surface area contributed by atoms with Crippen molar-refractivity contribution in [3.63, 3.8) is 0 Å². The molecule has 7 heteroatoms. The van der Waals surface area contributed by atoms with Crippen LogP contribution >= 0.6 is 0 Å². The summed E-state index contributed by atoms with van der Waals surface area (Å²) in [6, 6.07) is 0.181. The molecular formula is C16H27N5O2. The molecule has 1 aromatic heterocycles. The van der Waals surface area contributed by atoms with E-state index in [1.54, 1.807) is 0 Å². The molecule has 3 heterocycles. The molecule has 2 fully saturated rings. The van der Waals surface area contributed by atoms with Crippen molar-refractivity contribution in [3.05, 3.63) is 11.7 Å². The molecule has 1 amide bonds. The van der Waals surface area contributed by atoms with Crippen LogP contribution in [0, 0.1) is 6.92 Å². The second kappa shape index (κ2) is 7.40. The summed E-state index contributed by atoms with van der Waals surface area (Å²) in [7, 11) is 0. The van der Waals surface area contributed by atoms with E-state index in [2.05, 4.69) is 26.9 Å². The van der Waals surface area contributed by atoms with Crippen LogP contribution in [0.15, 0.2) is 4.52 Å². The van der Waals surface area contributed by atoms with Gasteiger partial charge in [-0.25, -0.2) is 0 Å². The summed E-state index contributed by atoms with van der Waals surface area (Å²) in [5.41, 5.74) is 0. The largest absolute Gasteiger partial charge is 0.343 e. The SMILES string of the molecule is Cc1noc([C@H](C)N2CCN(CCCN3CCCC3=O)CC2)n1. The van der Waals surface area contributed by atoms with E-state index in [1.807, 2.05) is 11.8 Å². The number of rotatable bonds is 6. The predicted octanol–water partition coefficient (Wildman–Crippen LogP) is 1.07. The van der Waals surface area contributed by atoms with E-state index < -0.39 is 0 Å². The van der Waals surface area contributed by atoms with Gasteiger partial charge in [-0.15, -0.1) is 0 Å². The Labute approximate surface area is 137 Å². The summed E-state index contributed by atoms with van der Waals surface area (Å²) >= 11 is 0. The third-order valence-electron chi connectivity index (χ3n) is 4.93. The quantitative estimate of drug-likeness (QED) is 0.781. The lowest BCUT2D eigenvalue weighted by molar-refractivity contribution is -0.127. The van der Waals surface area contributed by atoms with Gasteiger partial charge in [0.1, 0.15) is 0 Å². The minimum absolute atomic E-state index is 0.181. The maximum absolute atomic E-state index is 11.6. The molecule has 3 rings (SSSR count). The van der Waals surface area contributed by atoms with Crippen LogP contribution in [0.4, 0.5) is 0 Å².